The minimum atomic E-state index is -0.318. The summed E-state index contributed by atoms with van der Waals surface area (Å²) in [5, 5.41) is 11.6. The fraction of sp³-hybridized carbons (Fsp3) is 0.421. The van der Waals surface area contributed by atoms with Crippen molar-refractivity contribution in [3.8, 4) is 11.3 Å². The van der Waals surface area contributed by atoms with Crippen LogP contribution in [0, 0.1) is 13.8 Å². The minimum Gasteiger partial charge on any atom is -0.466 e. The van der Waals surface area contributed by atoms with Crippen LogP contribution in [0.25, 0.3) is 16.9 Å². The average molecular weight is 372 g/mol. The highest BCUT2D eigenvalue weighted by Crippen LogP contribution is 2.25. The first-order valence-corrected chi connectivity index (χ1v) is 8.97. The number of amides is 1. The fourth-order valence-electron chi connectivity index (χ4n) is 3.08. The summed E-state index contributed by atoms with van der Waals surface area (Å²) in [5.74, 6) is 1.17. The van der Waals surface area contributed by atoms with E-state index in [9.17, 15) is 9.59 Å². The molecule has 0 aliphatic rings. The van der Waals surface area contributed by atoms with Crippen LogP contribution in [0.5, 0.6) is 0 Å². The van der Waals surface area contributed by atoms with Gasteiger partial charge in [0.1, 0.15) is 17.2 Å². The second kappa shape index (κ2) is 7.79. The van der Waals surface area contributed by atoms with Crippen LogP contribution in [-0.4, -0.2) is 38.1 Å². The molecule has 8 nitrogen and oxygen atoms in total. The number of fused-ring (bicyclic) bond motifs is 1. The van der Waals surface area contributed by atoms with E-state index >= 15 is 0 Å². The van der Waals surface area contributed by atoms with Crippen molar-refractivity contribution >= 4 is 11.6 Å². The normalized spacial score (nSPS) is 11.3. The summed E-state index contributed by atoms with van der Waals surface area (Å²) in [6.07, 6.45) is 5.68. The van der Waals surface area contributed by atoms with Crippen molar-refractivity contribution in [1.29, 1.82) is 0 Å². The van der Waals surface area contributed by atoms with Crippen LogP contribution in [0.2, 0.25) is 0 Å². The van der Waals surface area contributed by atoms with Crippen LogP contribution in [0.1, 0.15) is 41.3 Å². The lowest BCUT2D eigenvalue weighted by molar-refractivity contribution is 0.0948. The van der Waals surface area contributed by atoms with Gasteiger partial charge in [-0.25, -0.2) is 4.98 Å². The van der Waals surface area contributed by atoms with E-state index in [1.165, 1.54) is 4.57 Å². The van der Waals surface area contributed by atoms with Gasteiger partial charge in [0, 0.05) is 38.2 Å². The highest BCUT2D eigenvalue weighted by molar-refractivity contribution is 5.92. The highest BCUT2D eigenvalue weighted by Gasteiger charge is 2.17. The molecule has 0 saturated heterocycles. The molecule has 0 spiro atoms. The largest absolute Gasteiger partial charge is 0.466 e. The molecule has 0 fully saturated rings. The topological polar surface area (TPSA) is 102 Å². The molecule has 1 amide bonds. The third kappa shape index (κ3) is 3.80. The number of nitrogens with zero attached hydrogens (tertiary/aromatic N) is 3. The van der Waals surface area contributed by atoms with Crippen molar-refractivity contribution in [1.82, 2.24) is 19.3 Å². The number of aromatic nitrogens is 3. The number of hydrogen-bond donors (Lipinski definition) is 2. The van der Waals surface area contributed by atoms with E-state index in [4.69, 9.17) is 9.52 Å². The van der Waals surface area contributed by atoms with E-state index in [0.29, 0.717) is 12.2 Å². The van der Waals surface area contributed by atoms with Crippen molar-refractivity contribution in [3.05, 3.63) is 46.0 Å². The minimum absolute atomic E-state index is 0.154. The van der Waals surface area contributed by atoms with E-state index in [-0.39, 0.29) is 29.4 Å². The van der Waals surface area contributed by atoms with Crippen LogP contribution < -0.4 is 10.9 Å². The Morgan fingerprint density at radius 1 is 1.26 bits per heavy atom. The van der Waals surface area contributed by atoms with Gasteiger partial charge in [-0.3, -0.25) is 14.0 Å². The lowest BCUT2D eigenvalue weighted by Gasteiger charge is -2.07. The monoisotopic (exact) mass is 372 g/mol. The number of aliphatic hydroxyl groups excluding tert-OH is 1. The molecule has 0 unspecified atom stereocenters. The Hall–Kier alpha value is -2.87. The van der Waals surface area contributed by atoms with Crippen molar-refractivity contribution < 1.29 is 14.3 Å². The van der Waals surface area contributed by atoms with Gasteiger partial charge in [-0.05, 0) is 39.2 Å². The third-order valence-corrected chi connectivity index (χ3v) is 4.52. The van der Waals surface area contributed by atoms with E-state index in [1.807, 2.05) is 19.9 Å². The number of aliphatic hydroxyl groups is 1. The van der Waals surface area contributed by atoms with Crippen molar-refractivity contribution in [2.24, 2.45) is 7.05 Å². The predicted octanol–water partition coefficient (Wildman–Crippen LogP) is 1.80. The quantitative estimate of drug-likeness (QED) is 0.616. The van der Waals surface area contributed by atoms with Crippen LogP contribution in [-0.2, 0) is 7.05 Å². The zero-order valence-corrected chi connectivity index (χ0v) is 15.8. The van der Waals surface area contributed by atoms with Crippen molar-refractivity contribution in [2.45, 2.75) is 33.1 Å². The number of imidazole rings is 1. The molecular formula is C19H24N4O4. The van der Waals surface area contributed by atoms with Gasteiger partial charge in [0.05, 0.1) is 5.69 Å². The Labute approximate surface area is 156 Å². The molecule has 0 radical (unpaired) electrons. The molecule has 3 heterocycles. The first-order valence-electron chi connectivity index (χ1n) is 8.97. The molecule has 3 rings (SSSR count). The van der Waals surface area contributed by atoms with Gasteiger partial charge in [-0.2, -0.15) is 0 Å². The zero-order chi connectivity index (χ0) is 19.6. The molecule has 3 aromatic rings. The molecule has 0 aliphatic heterocycles. The van der Waals surface area contributed by atoms with Crippen molar-refractivity contribution in [2.75, 3.05) is 13.2 Å². The van der Waals surface area contributed by atoms with Crippen LogP contribution >= 0.6 is 0 Å². The Balaban J connectivity index is 1.89. The molecule has 3 aromatic heterocycles. The molecule has 0 bridgehead atoms. The summed E-state index contributed by atoms with van der Waals surface area (Å²) in [6.45, 7) is 4.36. The van der Waals surface area contributed by atoms with Gasteiger partial charge >= 0.3 is 0 Å². The number of hydrogen-bond acceptors (Lipinski definition) is 5. The van der Waals surface area contributed by atoms with Crippen LogP contribution in [0.3, 0.4) is 0 Å². The molecule has 27 heavy (non-hydrogen) atoms. The van der Waals surface area contributed by atoms with E-state index in [1.54, 1.807) is 23.8 Å². The number of carbonyl (C=O) groups excluding carboxylic acids is 1. The smallest absolute Gasteiger partial charge is 0.294 e. The summed E-state index contributed by atoms with van der Waals surface area (Å²) < 4.78 is 8.67. The Kier molecular flexibility index (Phi) is 5.46. The zero-order valence-electron chi connectivity index (χ0n) is 15.8. The number of furan rings is 1. The first-order chi connectivity index (χ1) is 12.9. The van der Waals surface area contributed by atoms with Crippen LogP contribution in [0.4, 0.5) is 0 Å². The van der Waals surface area contributed by atoms with Gasteiger partial charge < -0.3 is 19.4 Å². The summed E-state index contributed by atoms with van der Waals surface area (Å²) >= 11 is 0. The first kappa shape index (κ1) is 18.9. The highest BCUT2D eigenvalue weighted by atomic mass is 16.3. The summed E-state index contributed by atoms with van der Waals surface area (Å²) in [5.41, 5.74) is 1.64. The SMILES string of the molecule is Cc1cc(-c2cn3cc(C(=O)NCCCCCO)nc3c(=O)n2C)c(C)o1. The van der Waals surface area contributed by atoms with Gasteiger partial charge in [-0.1, -0.05) is 0 Å². The maximum absolute atomic E-state index is 12.7. The van der Waals surface area contributed by atoms with E-state index in [2.05, 4.69) is 10.3 Å². The average Bonchev–Trinajstić information content (AvgIpc) is 3.20. The lowest BCUT2D eigenvalue weighted by atomic mass is 10.2. The van der Waals surface area contributed by atoms with Gasteiger partial charge in [-0.15, -0.1) is 0 Å². The second-order valence-electron chi connectivity index (χ2n) is 6.60. The van der Waals surface area contributed by atoms with Gasteiger partial charge in [0.15, 0.2) is 0 Å². The predicted molar refractivity (Wildman–Crippen MR) is 101 cm³/mol. The van der Waals surface area contributed by atoms with Gasteiger partial charge in [0.2, 0.25) is 5.65 Å². The van der Waals surface area contributed by atoms with E-state index < -0.39 is 0 Å². The summed E-state index contributed by atoms with van der Waals surface area (Å²) in [6, 6.07) is 1.88. The maximum atomic E-state index is 12.7. The molecule has 0 aliphatic carbocycles. The standard InChI is InChI=1S/C19H24N4O4/c1-12-9-14(13(2)27-12)16-11-23-10-15(21-17(23)19(26)22(16)3)18(25)20-7-5-4-6-8-24/h9-11,24H,4-8H2,1-3H3,(H,20,25). The molecule has 0 atom stereocenters. The number of carbonyl (C=O) groups is 1. The molecule has 8 heteroatoms. The molecule has 2 N–H and O–H groups in total. The van der Waals surface area contributed by atoms with Crippen molar-refractivity contribution in [3.63, 3.8) is 0 Å². The maximum Gasteiger partial charge on any atom is 0.294 e. The number of nitrogens with one attached hydrogen (secondary N) is 1. The number of unbranched alkanes of at least 4 members (excludes halogenated alkanes) is 2. The Bertz CT molecular complexity index is 1030. The fourth-order valence-corrected chi connectivity index (χ4v) is 3.08. The Morgan fingerprint density at radius 3 is 2.70 bits per heavy atom. The number of aryl methyl sites for hydroxylation is 2. The number of rotatable bonds is 7. The molecule has 144 valence electrons. The van der Waals surface area contributed by atoms with Gasteiger partial charge in [0.25, 0.3) is 11.5 Å². The Morgan fingerprint density at radius 2 is 2.04 bits per heavy atom. The third-order valence-electron chi connectivity index (χ3n) is 4.52. The lowest BCUT2D eigenvalue weighted by Crippen LogP contribution is -2.25. The molecule has 0 aromatic carbocycles. The second-order valence-corrected chi connectivity index (χ2v) is 6.60. The van der Waals surface area contributed by atoms with E-state index in [0.717, 1.165) is 36.3 Å². The van der Waals surface area contributed by atoms with Crippen LogP contribution in [0.15, 0.2) is 27.7 Å². The molecular weight excluding hydrogens is 348 g/mol. The molecule has 0 saturated carbocycles. The summed E-state index contributed by atoms with van der Waals surface area (Å²) in [7, 11) is 1.68. The summed E-state index contributed by atoms with van der Waals surface area (Å²) in [4.78, 5) is 29.2.